The zero-order valence-corrected chi connectivity index (χ0v) is 18.8. The molecule has 1 heterocycles. The number of nitrogens with one attached hydrogen (secondary N) is 1. The van der Waals surface area contributed by atoms with Crippen LogP contribution >= 0.6 is 11.6 Å². The van der Waals surface area contributed by atoms with Gasteiger partial charge in [0.2, 0.25) is 16.8 Å². The minimum Gasteiger partial charge on any atom is -0.454 e. The molecule has 9 heteroatoms. The summed E-state index contributed by atoms with van der Waals surface area (Å²) in [5.74, 6) is 1.06. The third-order valence-electron chi connectivity index (χ3n) is 4.98. The normalized spacial score (nSPS) is 12.4. The number of nitrogens with zero attached hydrogens (tertiary/aromatic N) is 1. The summed E-state index contributed by atoms with van der Waals surface area (Å²) in [5, 5.41) is 3.33. The quantitative estimate of drug-likeness (QED) is 0.562. The molecule has 1 aliphatic rings. The Bertz CT molecular complexity index is 1250. The van der Waals surface area contributed by atoms with Gasteiger partial charge in [0, 0.05) is 17.1 Å². The van der Waals surface area contributed by atoms with Gasteiger partial charge < -0.3 is 14.8 Å². The number of carbonyl (C=O) groups excluding carboxylic acids is 1. The second-order valence-electron chi connectivity index (χ2n) is 7.28. The molecule has 0 fully saturated rings. The van der Waals surface area contributed by atoms with E-state index in [1.807, 2.05) is 12.1 Å². The first-order valence-corrected chi connectivity index (χ1v) is 12.0. The molecule has 4 rings (SSSR count). The van der Waals surface area contributed by atoms with E-state index in [0.29, 0.717) is 39.9 Å². The fourth-order valence-electron chi connectivity index (χ4n) is 3.30. The number of halogens is 1. The summed E-state index contributed by atoms with van der Waals surface area (Å²) in [7, 11) is -3.57. The van der Waals surface area contributed by atoms with Gasteiger partial charge in [0.1, 0.15) is 0 Å². The predicted molar refractivity (Wildman–Crippen MR) is 123 cm³/mol. The highest BCUT2D eigenvalue weighted by atomic mass is 35.5. The number of carbonyl (C=O) groups is 1. The molecule has 1 amide bonds. The Kier molecular flexibility index (Phi) is 6.25. The molecule has 1 aliphatic heterocycles. The van der Waals surface area contributed by atoms with Crippen molar-refractivity contribution in [2.75, 3.05) is 17.4 Å². The molecule has 0 saturated heterocycles. The van der Waals surface area contributed by atoms with Crippen molar-refractivity contribution in [1.29, 1.82) is 0 Å². The molecule has 3 aromatic carbocycles. The number of fused-ring (bicyclic) bond motifs is 1. The molecular formula is C23H21ClN2O5S. The van der Waals surface area contributed by atoms with E-state index < -0.39 is 10.0 Å². The molecule has 0 atom stereocenters. The highest BCUT2D eigenvalue weighted by molar-refractivity contribution is 7.92. The Morgan fingerprint density at radius 3 is 2.47 bits per heavy atom. The number of rotatable bonds is 7. The summed E-state index contributed by atoms with van der Waals surface area (Å²) in [6.07, 6.45) is 1.13. The lowest BCUT2D eigenvalue weighted by Crippen LogP contribution is -2.29. The maximum absolute atomic E-state index is 12.5. The second kappa shape index (κ2) is 9.10. The van der Waals surface area contributed by atoms with E-state index in [0.717, 1.165) is 11.8 Å². The van der Waals surface area contributed by atoms with Crippen molar-refractivity contribution in [1.82, 2.24) is 5.32 Å². The SMILES string of the molecule is CS(=O)(=O)N(Cc1ccccc1Cl)c1ccc(C(=O)NCc2ccc3c(c2)OCO3)cc1. The monoisotopic (exact) mass is 472 g/mol. The predicted octanol–water partition coefficient (Wildman–Crippen LogP) is 3.96. The van der Waals surface area contributed by atoms with Gasteiger partial charge in [0.15, 0.2) is 11.5 Å². The molecule has 0 unspecified atom stereocenters. The molecule has 3 aromatic rings. The van der Waals surface area contributed by atoms with Crippen molar-refractivity contribution in [3.63, 3.8) is 0 Å². The van der Waals surface area contributed by atoms with Crippen LogP contribution in [0.1, 0.15) is 21.5 Å². The van der Waals surface area contributed by atoms with Crippen LogP contribution in [0.2, 0.25) is 5.02 Å². The average molecular weight is 473 g/mol. The maximum Gasteiger partial charge on any atom is 0.251 e. The first-order valence-electron chi connectivity index (χ1n) is 9.79. The van der Waals surface area contributed by atoms with Gasteiger partial charge in [-0.2, -0.15) is 0 Å². The van der Waals surface area contributed by atoms with Crippen molar-refractivity contribution in [3.8, 4) is 11.5 Å². The number of anilines is 1. The average Bonchev–Trinajstić information content (AvgIpc) is 3.24. The van der Waals surface area contributed by atoms with Crippen LogP contribution in [0.25, 0.3) is 0 Å². The Labute approximate surface area is 191 Å². The van der Waals surface area contributed by atoms with Crippen LogP contribution in [0.5, 0.6) is 11.5 Å². The topological polar surface area (TPSA) is 84.9 Å². The van der Waals surface area contributed by atoms with Crippen molar-refractivity contribution in [2.24, 2.45) is 0 Å². The molecule has 0 aromatic heterocycles. The molecule has 7 nitrogen and oxygen atoms in total. The highest BCUT2D eigenvalue weighted by Crippen LogP contribution is 2.32. The van der Waals surface area contributed by atoms with Gasteiger partial charge in [-0.3, -0.25) is 9.10 Å². The van der Waals surface area contributed by atoms with E-state index in [9.17, 15) is 13.2 Å². The van der Waals surface area contributed by atoms with Gasteiger partial charge in [-0.15, -0.1) is 0 Å². The van der Waals surface area contributed by atoms with Gasteiger partial charge in [0.05, 0.1) is 18.5 Å². The van der Waals surface area contributed by atoms with Crippen LogP contribution in [0, 0.1) is 0 Å². The van der Waals surface area contributed by atoms with Crippen LogP contribution < -0.4 is 19.1 Å². The van der Waals surface area contributed by atoms with Crippen LogP contribution in [0.3, 0.4) is 0 Å². The second-order valence-corrected chi connectivity index (χ2v) is 9.59. The van der Waals surface area contributed by atoms with E-state index in [2.05, 4.69) is 5.32 Å². The number of sulfonamides is 1. The van der Waals surface area contributed by atoms with Crippen LogP contribution in [-0.2, 0) is 23.1 Å². The number of hydrogen-bond donors (Lipinski definition) is 1. The van der Waals surface area contributed by atoms with Crippen LogP contribution in [0.15, 0.2) is 66.7 Å². The Morgan fingerprint density at radius 2 is 1.75 bits per heavy atom. The van der Waals surface area contributed by atoms with E-state index >= 15 is 0 Å². The number of ether oxygens (including phenoxy) is 2. The summed E-state index contributed by atoms with van der Waals surface area (Å²) >= 11 is 6.20. The van der Waals surface area contributed by atoms with Gasteiger partial charge in [0.25, 0.3) is 5.91 Å². The van der Waals surface area contributed by atoms with Gasteiger partial charge in [-0.1, -0.05) is 35.9 Å². The first-order chi connectivity index (χ1) is 15.3. The van der Waals surface area contributed by atoms with Crippen molar-refractivity contribution in [2.45, 2.75) is 13.1 Å². The lowest BCUT2D eigenvalue weighted by Gasteiger charge is -2.23. The van der Waals surface area contributed by atoms with Crippen molar-refractivity contribution in [3.05, 3.63) is 88.4 Å². The molecule has 0 saturated carbocycles. The summed E-state index contributed by atoms with van der Waals surface area (Å²) < 4.78 is 36.7. The molecule has 0 spiro atoms. The maximum atomic E-state index is 12.5. The number of amides is 1. The lowest BCUT2D eigenvalue weighted by atomic mass is 10.1. The molecular weight excluding hydrogens is 452 g/mol. The minimum atomic E-state index is -3.57. The Hall–Kier alpha value is -3.23. The lowest BCUT2D eigenvalue weighted by molar-refractivity contribution is 0.0951. The third-order valence-corrected chi connectivity index (χ3v) is 6.49. The van der Waals surface area contributed by atoms with E-state index in [-0.39, 0.29) is 19.2 Å². The smallest absolute Gasteiger partial charge is 0.251 e. The summed E-state index contributed by atoms with van der Waals surface area (Å²) in [5.41, 5.74) is 2.42. The highest BCUT2D eigenvalue weighted by Gasteiger charge is 2.20. The molecule has 0 bridgehead atoms. The van der Waals surface area contributed by atoms with Crippen molar-refractivity contribution < 1.29 is 22.7 Å². The van der Waals surface area contributed by atoms with E-state index in [1.54, 1.807) is 54.6 Å². The largest absolute Gasteiger partial charge is 0.454 e. The van der Waals surface area contributed by atoms with Gasteiger partial charge in [-0.05, 0) is 53.6 Å². The molecule has 1 N–H and O–H groups in total. The minimum absolute atomic E-state index is 0.0914. The molecule has 0 radical (unpaired) electrons. The van der Waals surface area contributed by atoms with Crippen molar-refractivity contribution >= 4 is 33.2 Å². The standard InChI is InChI=1S/C23H21ClN2O5S/c1-32(28,29)26(14-18-4-2-3-5-20(18)24)19-9-7-17(8-10-19)23(27)25-13-16-6-11-21-22(12-16)31-15-30-21/h2-12H,13-15H2,1H3,(H,25,27). The van der Waals surface area contributed by atoms with E-state index in [4.69, 9.17) is 21.1 Å². The fourth-order valence-corrected chi connectivity index (χ4v) is 4.37. The van der Waals surface area contributed by atoms with Gasteiger partial charge in [-0.25, -0.2) is 8.42 Å². The molecule has 166 valence electrons. The fraction of sp³-hybridized carbons (Fsp3) is 0.174. The molecule has 32 heavy (non-hydrogen) atoms. The Morgan fingerprint density at radius 1 is 1.03 bits per heavy atom. The number of hydrogen-bond acceptors (Lipinski definition) is 5. The van der Waals surface area contributed by atoms with Crippen LogP contribution in [-0.4, -0.2) is 27.4 Å². The zero-order valence-electron chi connectivity index (χ0n) is 17.2. The zero-order chi connectivity index (χ0) is 22.7. The summed E-state index contributed by atoms with van der Waals surface area (Å²) in [6, 6.07) is 19.0. The van der Waals surface area contributed by atoms with Gasteiger partial charge >= 0.3 is 0 Å². The van der Waals surface area contributed by atoms with E-state index in [1.165, 1.54) is 4.31 Å². The third kappa shape index (κ3) is 4.98. The first kappa shape index (κ1) is 22.0. The molecule has 0 aliphatic carbocycles. The summed E-state index contributed by atoms with van der Waals surface area (Å²) in [4.78, 5) is 12.5. The van der Waals surface area contributed by atoms with Crippen LogP contribution in [0.4, 0.5) is 5.69 Å². The number of benzene rings is 3. The summed E-state index contributed by atoms with van der Waals surface area (Å²) in [6.45, 7) is 0.603. The Balaban J connectivity index is 1.45.